The van der Waals surface area contributed by atoms with Gasteiger partial charge in [-0.2, -0.15) is 0 Å². The van der Waals surface area contributed by atoms with Crippen LogP contribution in [0.3, 0.4) is 0 Å². The van der Waals surface area contributed by atoms with E-state index in [0.717, 1.165) is 5.56 Å². The Morgan fingerprint density at radius 2 is 1.96 bits per heavy atom. The molecule has 0 spiro atoms. The molecule has 0 atom stereocenters. The summed E-state index contributed by atoms with van der Waals surface area (Å²) in [6, 6.07) is 12.8. The molecule has 0 amide bonds. The molecule has 3 rings (SSSR count). The number of carbonyl (C=O) groups excluding carboxylic acids is 1. The quantitative estimate of drug-likeness (QED) is 0.463. The van der Waals surface area contributed by atoms with Crippen molar-refractivity contribution in [3.05, 3.63) is 69.8 Å². The fourth-order valence-corrected chi connectivity index (χ4v) is 3.15. The molecule has 0 fully saturated rings. The molecule has 3 aromatic rings. The molecular formula is C21H19BrFNO4. The molecule has 0 unspecified atom stereocenters. The third-order valence-electron chi connectivity index (χ3n) is 4.23. The smallest absolute Gasteiger partial charge is 0.305 e. The van der Waals surface area contributed by atoms with Crippen LogP contribution in [-0.4, -0.2) is 18.1 Å². The maximum Gasteiger partial charge on any atom is 0.305 e. The van der Waals surface area contributed by atoms with E-state index in [9.17, 15) is 9.18 Å². The number of nitrogens with zero attached hydrogens (tertiary/aromatic N) is 1. The van der Waals surface area contributed by atoms with Crippen molar-refractivity contribution in [3.63, 3.8) is 0 Å². The van der Waals surface area contributed by atoms with Gasteiger partial charge in [0.25, 0.3) is 0 Å². The highest BCUT2D eigenvalue weighted by Crippen LogP contribution is 2.30. The highest BCUT2D eigenvalue weighted by molar-refractivity contribution is 9.10. The third-order valence-corrected chi connectivity index (χ3v) is 5.09. The summed E-state index contributed by atoms with van der Waals surface area (Å²) in [6.07, 6.45) is 0.544. The summed E-state index contributed by atoms with van der Waals surface area (Å²) in [6.45, 7) is 1.87. The number of rotatable bonds is 7. The molecule has 1 aromatic heterocycles. The summed E-state index contributed by atoms with van der Waals surface area (Å²) in [5.41, 5.74) is 2.13. The van der Waals surface area contributed by atoms with Crippen molar-refractivity contribution in [1.82, 2.24) is 4.98 Å². The number of carbonyl (C=O) groups is 1. The topological polar surface area (TPSA) is 61.6 Å². The molecule has 0 aliphatic carbocycles. The number of benzene rings is 2. The van der Waals surface area contributed by atoms with Gasteiger partial charge in [-0.1, -0.05) is 24.3 Å². The van der Waals surface area contributed by atoms with E-state index in [4.69, 9.17) is 9.15 Å². The van der Waals surface area contributed by atoms with Crippen LogP contribution >= 0.6 is 15.9 Å². The second-order valence-electron chi connectivity index (χ2n) is 6.10. The molecular weight excluding hydrogens is 429 g/mol. The van der Waals surface area contributed by atoms with E-state index in [1.807, 2.05) is 30.3 Å². The second-order valence-corrected chi connectivity index (χ2v) is 6.90. The average molecular weight is 448 g/mol. The zero-order valence-corrected chi connectivity index (χ0v) is 17.1. The lowest BCUT2D eigenvalue weighted by molar-refractivity contribution is -0.140. The van der Waals surface area contributed by atoms with Gasteiger partial charge in [0.15, 0.2) is 11.6 Å². The summed E-state index contributed by atoms with van der Waals surface area (Å²) < 4.78 is 30.8. The number of aromatic nitrogens is 1. The highest BCUT2D eigenvalue weighted by Gasteiger charge is 2.16. The normalized spacial score (nSPS) is 10.7. The first-order chi connectivity index (χ1) is 13.5. The van der Waals surface area contributed by atoms with Gasteiger partial charge in [-0.15, -0.1) is 0 Å². The van der Waals surface area contributed by atoms with Gasteiger partial charge in [-0.05, 0) is 53.0 Å². The van der Waals surface area contributed by atoms with Crippen LogP contribution in [0.15, 0.2) is 51.4 Å². The predicted molar refractivity (Wildman–Crippen MR) is 105 cm³/mol. The highest BCUT2D eigenvalue weighted by atomic mass is 79.9. The van der Waals surface area contributed by atoms with Crippen molar-refractivity contribution >= 4 is 21.9 Å². The Balaban J connectivity index is 1.70. The van der Waals surface area contributed by atoms with E-state index < -0.39 is 5.82 Å². The summed E-state index contributed by atoms with van der Waals surface area (Å²) >= 11 is 3.24. The minimum Gasteiger partial charge on any atom is -0.484 e. The van der Waals surface area contributed by atoms with E-state index in [0.29, 0.717) is 29.3 Å². The standard InChI is InChI=1S/C21H19BrFNO4/c1-13-16(24-21(28-13)15-6-4-3-5-7-15)12-27-17-10-8-14(19(22)20(17)23)9-11-18(25)26-2/h3-8,10H,9,11-12H2,1-2H3. The lowest BCUT2D eigenvalue weighted by Crippen LogP contribution is -2.04. The van der Waals surface area contributed by atoms with Gasteiger partial charge in [0, 0.05) is 12.0 Å². The number of halogens is 2. The number of hydrogen-bond donors (Lipinski definition) is 0. The first-order valence-corrected chi connectivity index (χ1v) is 9.47. The Bertz CT molecular complexity index is 972. The largest absolute Gasteiger partial charge is 0.484 e. The van der Waals surface area contributed by atoms with Gasteiger partial charge in [0.1, 0.15) is 18.1 Å². The van der Waals surface area contributed by atoms with Crippen LogP contribution in [0.2, 0.25) is 0 Å². The second kappa shape index (κ2) is 9.01. The van der Waals surface area contributed by atoms with Crippen molar-refractivity contribution in [2.45, 2.75) is 26.4 Å². The fourth-order valence-electron chi connectivity index (χ4n) is 2.63. The van der Waals surface area contributed by atoms with E-state index >= 15 is 0 Å². The van der Waals surface area contributed by atoms with Crippen LogP contribution in [0.4, 0.5) is 4.39 Å². The van der Waals surface area contributed by atoms with Crippen molar-refractivity contribution in [1.29, 1.82) is 0 Å². The molecule has 7 heteroatoms. The van der Waals surface area contributed by atoms with E-state index in [1.54, 1.807) is 19.1 Å². The molecule has 5 nitrogen and oxygen atoms in total. The van der Waals surface area contributed by atoms with Crippen molar-refractivity contribution < 1.29 is 23.1 Å². The van der Waals surface area contributed by atoms with Crippen molar-refractivity contribution in [3.8, 4) is 17.2 Å². The Hall–Kier alpha value is -2.67. The first-order valence-electron chi connectivity index (χ1n) is 8.67. The zero-order chi connectivity index (χ0) is 20.1. The summed E-state index contributed by atoms with van der Waals surface area (Å²) in [7, 11) is 1.32. The van der Waals surface area contributed by atoms with Gasteiger partial charge < -0.3 is 13.9 Å². The Labute approximate surface area is 170 Å². The zero-order valence-electron chi connectivity index (χ0n) is 15.5. The van der Waals surface area contributed by atoms with Gasteiger partial charge in [0.2, 0.25) is 5.89 Å². The van der Waals surface area contributed by atoms with Gasteiger partial charge >= 0.3 is 5.97 Å². The summed E-state index contributed by atoms with van der Waals surface area (Å²) in [4.78, 5) is 15.7. The average Bonchev–Trinajstić information content (AvgIpc) is 3.09. The van der Waals surface area contributed by atoms with Crippen molar-refractivity contribution in [2.75, 3.05) is 7.11 Å². The molecule has 0 N–H and O–H groups in total. The number of hydrogen-bond acceptors (Lipinski definition) is 5. The van der Waals surface area contributed by atoms with Crippen LogP contribution in [0.1, 0.15) is 23.4 Å². The van der Waals surface area contributed by atoms with E-state index in [1.165, 1.54) is 7.11 Å². The van der Waals surface area contributed by atoms with E-state index in [2.05, 4.69) is 25.7 Å². The van der Waals surface area contributed by atoms with Crippen molar-refractivity contribution in [2.24, 2.45) is 0 Å². The fraction of sp³-hybridized carbons (Fsp3) is 0.238. The Kier molecular flexibility index (Phi) is 6.46. The van der Waals surface area contributed by atoms with Crippen LogP contribution in [-0.2, 0) is 22.6 Å². The third kappa shape index (κ3) is 4.59. The van der Waals surface area contributed by atoms with Gasteiger partial charge in [0.05, 0.1) is 11.6 Å². The van der Waals surface area contributed by atoms with Gasteiger partial charge in [-0.3, -0.25) is 4.79 Å². The van der Waals surface area contributed by atoms with Crippen LogP contribution in [0.5, 0.6) is 5.75 Å². The first kappa shape index (κ1) is 20.1. The number of aryl methyl sites for hydroxylation is 2. The lowest BCUT2D eigenvalue weighted by atomic mass is 10.1. The van der Waals surface area contributed by atoms with Gasteiger partial charge in [-0.25, -0.2) is 9.37 Å². The number of ether oxygens (including phenoxy) is 2. The summed E-state index contributed by atoms with van der Waals surface area (Å²) in [5, 5.41) is 0. The maximum absolute atomic E-state index is 14.6. The SMILES string of the molecule is COC(=O)CCc1ccc(OCc2nc(-c3ccccc3)oc2C)c(F)c1Br. The molecule has 0 saturated heterocycles. The monoisotopic (exact) mass is 447 g/mol. The number of esters is 1. The minimum atomic E-state index is -0.521. The van der Waals surface area contributed by atoms with Crippen LogP contribution in [0.25, 0.3) is 11.5 Å². The molecule has 0 bridgehead atoms. The van der Waals surface area contributed by atoms with Crippen LogP contribution < -0.4 is 4.74 Å². The Morgan fingerprint density at radius 1 is 1.21 bits per heavy atom. The summed E-state index contributed by atoms with van der Waals surface area (Å²) in [5.74, 6) is 0.344. The molecule has 28 heavy (non-hydrogen) atoms. The molecule has 0 saturated carbocycles. The Morgan fingerprint density at radius 3 is 2.68 bits per heavy atom. The number of methoxy groups -OCH3 is 1. The molecule has 2 aromatic carbocycles. The predicted octanol–water partition coefficient (Wildman–Crippen LogP) is 5.24. The minimum absolute atomic E-state index is 0.0764. The maximum atomic E-state index is 14.6. The molecule has 0 radical (unpaired) electrons. The molecule has 146 valence electrons. The molecule has 1 heterocycles. The van der Waals surface area contributed by atoms with Crippen LogP contribution in [0, 0.1) is 12.7 Å². The lowest BCUT2D eigenvalue weighted by Gasteiger charge is -2.10. The molecule has 0 aliphatic heterocycles. The van der Waals surface area contributed by atoms with E-state index in [-0.39, 0.29) is 29.2 Å². The molecule has 0 aliphatic rings. The number of oxazole rings is 1.